The molecule has 4 heteroatoms. The van der Waals surface area contributed by atoms with E-state index in [4.69, 9.17) is 10.5 Å². The molecule has 0 bridgehead atoms. The van der Waals surface area contributed by atoms with Gasteiger partial charge in [0.1, 0.15) is 0 Å². The third-order valence-corrected chi connectivity index (χ3v) is 4.67. The zero-order chi connectivity index (χ0) is 12.3. The standard InChI is InChI=1S/C13H22N2OS/c1-10-5-6-15(9-13(10)16-2)8-12-4-3-11(7-14)17-12/h3-4,10,13H,5-9,14H2,1-2H3. The highest BCUT2D eigenvalue weighted by Crippen LogP contribution is 2.23. The second kappa shape index (κ2) is 5.96. The highest BCUT2D eigenvalue weighted by molar-refractivity contribution is 7.11. The number of ether oxygens (including phenoxy) is 1. The minimum Gasteiger partial charge on any atom is -0.380 e. The van der Waals surface area contributed by atoms with Crippen molar-refractivity contribution in [2.75, 3.05) is 20.2 Å². The molecular formula is C13H22N2OS. The second-order valence-electron chi connectivity index (χ2n) is 4.85. The number of hydrogen-bond donors (Lipinski definition) is 1. The van der Waals surface area contributed by atoms with Gasteiger partial charge in [0, 0.05) is 36.5 Å². The molecule has 96 valence electrons. The van der Waals surface area contributed by atoms with Crippen LogP contribution in [0.4, 0.5) is 0 Å². The van der Waals surface area contributed by atoms with Gasteiger partial charge in [-0.3, -0.25) is 4.90 Å². The summed E-state index contributed by atoms with van der Waals surface area (Å²) in [5, 5.41) is 0. The molecule has 2 unspecified atom stereocenters. The van der Waals surface area contributed by atoms with Crippen LogP contribution in [0, 0.1) is 5.92 Å². The van der Waals surface area contributed by atoms with Crippen LogP contribution < -0.4 is 5.73 Å². The topological polar surface area (TPSA) is 38.5 Å². The smallest absolute Gasteiger partial charge is 0.0724 e. The van der Waals surface area contributed by atoms with E-state index in [-0.39, 0.29) is 0 Å². The number of piperidine rings is 1. The van der Waals surface area contributed by atoms with Gasteiger partial charge < -0.3 is 10.5 Å². The Labute approximate surface area is 108 Å². The molecule has 2 heterocycles. The Morgan fingerprint density at radius 1 is 1.47 bits per heavy atom. The average Bonchev–Trinajstić information content (AvgIpc) is 2.79. The molecule has 1 fully saturated rings. The normalized spacial score (nSPS) is 26.3. The molecule has 1 aliphatic rings. The highest BCUT2D eigenvalue weighted by atomic mass is 32.1. The van der Waals surface area contributed by atoms with Crippen LogP contribution in [0.1, 0.15) is 23.1 Å². The Kier molecular flexibility index (Phi) is 4.56. The number of methoxy groups -OCH3 is 1. The van der Waals surface area contributed by atoms with E-state index in [9.17, 15) is 0 Å². The van der Waals surface area contributed by atoms with Gasteiger partial charge in [-0.05, 0) is 31.0 Å². The largest absolute Gasteiger partial charge is 0.380 e. The lowest BCUT2D eigenvalue weighted by Gasteiger charge is -2.35. The Bertz CT molecular complexity index is 353. The van der Waals surface area contributed by atoms with Gasteiger partial charge in [0.05, 0.1) is 6.10 Å². The quantitative estimate of drug-likeness (QED) is 0.894. The maximum atomic E-state index is 5.63. The van der Waals surface area contributed by atoms with Gasteiger partial charge in [-0.2, -0.15) is 0 Å². The third-order valence-electron chi connectivity index (χ3n) is 3.57. The highest BCUT2D eigenvalue weighted by Gasteiger charge is 2.25. The molecule has 1 aromatic rings. The number of hydrogen-bond acceptors (Lipinski definition) is 4. The molecule has 0 aromatic carbocycles. The van der Waals surface area contributed by atoms with Crippen LogP contribution in [0.3, 0.4) is 0 Å². The Morgan fingerprint density at radius 3 is 2.88 bits per heavy atom. The first-order valence-corrected chi connectivity index (χ1v) is 7.07. The van der Waals surface area contributed by atoms with Crippen molar-refractivity contribution in [1.82, 2.24) is 4.90 Å². The van der Waals surface area contributed by atoms with Crippen LogP contribution in [0.5, 0.6) is 0 Å². The molecule has 3 nitrogen and oxygen atoms in total. The van der Waals surface area contributed by atoms with E-state index in [2.05, 4.69) is 24.0 Å². The zero-order valence-corrected chi connectivity index (χ0v) is 11.5. The maximum Gasteiger partial charge on any atom is 0.0724 e. The Morgan fingerprint density at radius 2 is 2.24 bits per heavy atom. The number of thiophene rings is 1. The molecule has 0 aliphatic carbocycles. The monoisotopic (exact) mass is 254 g/mol. The lowest BCUT2D eigenvalue weighted by Crippen LogP contribution is -2.43. The first kappa shape index (κ1) is 13.0. The molecule has 2 atom stereocenters. The maximum absolute atomic E-state index is 5.63. The van der Waals surface area contributed by atoms with Crippen molar-refractivity contribution < 1.29 is 4.74 Å². The molecule has 2 rings (SSSR count). The van der Waals surface area contributed by atoms with Crippen LogP contribution in [0.25, 0.3) is 0 Å². The Balaban J connectivity index is 1.90. The molecule has 1 saturated heterocycles. The van der Waals surface area contributed by atoms with E-state index in [1.54, 1.807) is 0 Å². The average molecular weight is 254 g/mol. The van der Waals surface area contributed by atoms with Gasteiger partial charge in [0.2, 0.25) is 0 Å². The van der Waals surface area contributed by atoms with Crippen molar-refractivity contribution in [3.05, 3.63) is 21.9 Å². The third kappa shape index (κ3) is 3.28. The SMILES string of the molecule is COC1CN(Cc2ccc(CN)s2)CCC1C. The van der Waals surface area contributed by atoms with Gasteiger partial charge in [-0.15, -0.1) is 11.3 Å². The number of rotatable bonds is 4. The second-order valence-corrected chi connectivity index (χ2v) is 6.10. The van der Waals surface area contributed by atoms with E-state index in [1.807, 2.05) is 18.4 Å². The minimum atomic E-state index is 0.387. The summed E-state index contributed by atoms with van der Waals surface area (Å²) < 4.78 is 5.54. The summed E-state index contributed by atoms with van der Waals surface area (Å²) in [5.41, 5.74) is 5.63. The van der Waals surface area contributed by atoms with E-state index in [1.165, 1.54) is 22.7 Å². The molecule has 17 heavy (non-hydrogen) atoms. The first-order valence-electron chi connectivity index (χ1n) is 6.25. The summed E-state index contributed by atoms with van der Waals surface area (Å²) in [6, 6.07) is 4.34. The van der Waals surface area contributed by atoms with Crippen molar-refractivity contribution in [2.45, 2.75) is 32.5 Å². The number of nitrogens with zero attached hydrogens (tertiary/aromatic N) is 1. The van der Waals surface area contributed by atoms with Gasteiger partial charge >= 0.3 is 0 Å². The van der Waals surface area contributed by atoms with Crippen LogP contribution in [-0.2, 0) is 17.8 Å². The summed E-state index contributed by atoms with van der Waals surface area (Å²) >= 11 is 1.83. The van der Waals surface area contributed by atoms with Gasteiger partial charge in [-0.25, -0.2) is 0 Å². The van der Waals surface area contributed by atoms with Crippen LogP contribution in [0.15, 0.2) is 12.1 Å². The summed E-state index contributed by atoms with van der Waals surface area (Å²) in [6.45, 7) is 6.20. The summed E-state index contributed by atoms with van der Waals surface area (Å²) in [6.07, 6.45) is 1.62. The predicted molar refractivity (Wildman–Crippen MR) is 72.1 cm³/mol. The predicted octanol–water partition coefficient (Wildman–Crippen LogP) is 2.06. The molecular weight excluding hydrogens is 232 g/mol. The van der Waals surface area contributed by atoms with E-state index in [0.717, 1.165) is 13.1 Å². The van der Waals surface area contributed by atoms with Crippen LogP contribution in [-0.4, -0.2) is 31.2 Å². The number of likely N-dealkylation sites (tertiary alicyclic amines) is 1. The fraction of sp³-hybridized carbons (Fsp3) is 0.692. The first-order chi connectivity index (χ1) is 8.22. The molecule has 0 spiro atoms. The van der Waals surface area contributed by atoms with E-state index < -0.39 is 0 Å². The molecule has 0 saturated carbocycles. The fourth-order valence-corrected chi connectivity index (χ4v) is 3.33. The van der Waals surface area contributed by atoms with Crippen molar-refractivity contribution >= 4 is 11.3 Å². The van der Waals surface area contributed by atoms with Gasteiger partial charge in [-0.1, -0.05) is 6.92 Å². The molecule has 1 aliphatic heterocycles. The summed E-state index contributed by atoms with van der Waals surface area (Å²) in [5.74, 6) is 0.680. The fourth-order valence-electron chi connectivity index (χ4n) is 2.39. The van der Waals surface area contributed by atoms with E-state index in [0.29, 0.717) is 18.6 Å². The van der Waals surface area contributed by atoms with Crippen molar-refractivity contribution in [3.8, 4) is 0 Å². The van der Waals surface area contributed by atoms with Gasteiger partial charge in [0.25, 0.3) is 0 Å². The van der Waals surface area contributed by atoms with Crippen LogP contribution >= 0.6 is 11.3 Å². The van der Waals surface area contributed by atoms with Crippen molar-refractivity contribution in [1.29, 1.82) is 0 Å². The lowest BCUT2D eigenvalue weighted by atomic mass is 9.96. The molecule has 0 amide bonds. The summed E-state index contributed by atoms with van der Waals surface area (Å²) in [7, 11) is 1.82. The zero-order valence-electron chi connectivity index (χ0n) is 10.7. The Hall–Kier alpha value is -0.420. The van der Waals surface area contributed by atoms with Crippen LogP contribution in [0.2, 0.25) is 0 Å². The van der Waals surface area contributed by atoms with E-state index >= 15 is 0 Å². The molecule has 1 aromatic heterocycles. The van der Waals surface area contributed by atoms with Gasteiger partial charge in [0.15, 0.2) is 0 Å². The number of nitrogens with two attached hydrogens (primary N) is 1. The van der Waals surface area contributed by atoms with Crippen molar-refractivity contribution in [2.24, 2.45) is 11.7 Å². The van der Waals surface area contributed by atoms with Crippen molar-refractivity contribution in [3.63, 3.8) is 0 Å². The lowest BCUT2D eigenvalue weighted by molar-refractivity contribution is -0.00716. The minimum absolute atomic E-state index is 0.387. The molecule has 2 N–H and O–H groups in total. The summed E-state index contributed by atoms with van der Waals surface area (Å²) in [4.78, 5) is 5.17. The molecule has 0 radical (unpaired) electrons.